The zero-order chi connectivity index (χ0) is 15.2. The van der Waals surface area contributed by atoms with E-state index in [1.54, 1.807) is 0 Å². The fourth-order valence-corrected chi connectivity index (χ4v) is 2.47. The Balaban J connectivity index is 2.17. The van der Waals surface area contributed by atoms with E-state index in [0.717, 1.165) is 41.5 Å². The van der Waals surface area contributed by atoms with Gasteiger partial charge in [0.05, 0.1) is 0 Å². The molecule has 21 heavy (non-hydrogen) atoms. The highest BCUT2D eigenvalue weighted by Gasteiger charge is 2.09. The lowest BCUT2D eigenvalue weighted by molar-refractivity contribution is 0.627. The van der Waals surface area contributed by atoms with Crippen molar-refractivity contribution in [1.29, 1.82) is 0 Å². The fraction of sp³-hybridized carbons (Fsp3) is 0.294. The minimum Gasteiger partial charge on any atom is -0.370 e. The van der Waals surface area contributed by atoms with Gasteiger partial charge in [-0.15, -0.1) is 0 Å². The zero-order valence-electron chi connectivity index (χ0n) is 12.4. The molecule has 4 heteroatoms. The molecule has 1 N–H and O–H groups in total. The summed E-state index contributed by atoms with van der Waals surface area (Å²) in [5, 5.41) is 4.06. The zero-order valence-corrected chi connectivity index (χ0v) is 13.1. The van der Waals surface area contributed by atoms with Gasteiger partial charge in [0.1, 0.15) is 5.82 Å². The minimum atomic E-state index is -0.208. The first-order chi connectivity index (χ1) is 10.1. The highest BCUT2D eigenvalue weighted by atomic mass is 35.5. The highest BCUT2D eigenvalue weighted by molar-refractivity contribution is 6.30. The van der Waals surface area contributed by atoms with Crippen LogP contribution in [0.4, 0.5) is 10.1 Å². The molecule has 0 spiro atoms. The van der Waals surface area contributed by atoms with E-state index in [4.69, 9.17) is 11.6 Å². The quantitative estimate of drug-likeness (QED) is 0.859. The van der Waals surface area contributed by atoms with Gasteiger partial charge in [0.2, 0.25) is 0 Å². The second-order valence-electron chi connectivity index (χ2n) is 5.04. The predicted octanol–water partition coefficient (Wildman–Crippen LogP) is 4.23. The normalized spacial score (nSPS) is 10.7. The summed E-state index contributed by atoms with van der Waals surface area (Å²) in [5.74, 6) is -0.208. The van der Waals surface area contributed by atoms with Crippen LogP contribution in [0.15, 0.2) is 42.5 Å². The molecule has 0 heterocycles. The Morgan fingerprint density at radius 1 is 1.14 bits per heavy atom. The molecule has 0 saturated heterocycles. The van der Waals surface area contributed by atoms with Gasteiger partial charge in [0.25, 0.3) is 0 Å². The van der Waals surface area contributed by atoms with Crippen LogP contribution in [0, 0.1) is 5.82 Å². The predicted molar refractivity (Wildman–Crippen MR) is 87.3 cm³/mol. The van der Waals surface area contributed by atoms with Crippen LogP contribution in [0.1, 0.15) is 18.1 Å². The van der Waals surface area contributed by atoms with Crippen molar-refractivity contribution < 1.29 is 4.39 Å². The molecule has 112 valence electrons. The van der Waals surface area contributed by atoms with Crippen molar-refractivity contribution in [1.82, 2.24) is 5.32 Å². The maximum atomic E-state index is 13.0. The Morgan fingerprint density at radius 3 is 2.52 bits per heavy atom. The van der Waals surface area contributed by atoms with E-state index in [1.165, 1.54) is 12.1 Å². The topological polar surface area (TPSA) is 15.3 Å². The molecular weight excluding hydrogens is 287 g/mol. The number of rotatable bonds is 6. The Bertz CT molecular complexity index is 584. The molecule has 0 radical (unpaired) electrons. The van der Waals surface area contributed by atoms with E-state index < -0.39 is 0 Å². The second-order valence-corrected chi connectivity index (χ2v) is 5.47. The van der Waals surface area contributed by atoms with Crippen molar-refractivity contribution >= 4 is 17.3 Å². The van der Waals surface area contributed by atoms with Gasteiger partial charge in [0.15, 0.2) is 0 Å². The summed E-state index contributed by atoms with van der Waals surface area (Å²) in [4.78, 5) is 2.15. The summed E-state index contributed by atoms with van der Waals surface area (Å²) < 4.78 is 13.0. The number of hydrogen-bond acceptors (Lipinski definition) is 2. The van der Waals surface area contributed by atoms with Crippen LogP contribution >= 0.6 is 11.6 Å². The molecule has 0 saturated carbocycles. The average Bonchev–Trinajstić information content (AvgIpc) is 2.47. The molecule has 2 rings (SSSR count). The molecule has 0 fully saturated rings. The summed E-state index contributed by atoms with van der Waals surface area (Å²) in [7, 11) is 2.03. The van der Waals surface area contributed by atoms with Crippen LogP contribution in [0.2, 0.25) is 5.02 Å². The number of benzene rings is 2. The van der Waals surface area contributed by atoms with E-state index in [2.05, 4.69) is 17.1 Å². The maximum Gasteiger partial charge on any atom is 0.123 e. The number of halogens is 2. The summed E-state index contributed by atoms with van der Waals surface area (Å²) in [5.41, 5.74) is 3.36. The third-order valence-corrected chi connectivity index (χ3v) is 3.59. The van der Waals surface area contributed by atoms with Gasteiger partial charge in [0, 0.05) is 30.8 Å². The average molecular weight is 307 g/mol. The van der Waals surface area contributed by atoms with Gasteiger partial charge in [-0.2, -0.15) is 0 Å². The number of hydrogen-bond donors (Lipinski definition) is 1. The molecule has 2 nitrogen and oxygen atoms in total. The van der Waals surface area contributed by atoms with E-state index >= 15 is 0 Å². The van der Waals surface area contributed by atoms with Crippen LogP contribution in [0.25, 0.3) is 0 Å². The number of nitrogens with zero attached hydrogens (tertiary/aromatic N) is 1. The van der Waals surface area contributed by atoms with Gasteiger partial charge in [-0.25, -0.2) is 4.39 Å². The Kier molecular flexibility index (Phi) is 5.59. The van der Waals surface area contributed by atoms with Crippen LogP contribution in [-0.2, 0) is 13.1 Å². The van der Waals surface area contributed by atoms with Gasteiger partial charge in [-0.1, -0.05) is 30.7 Å². The van der Waals surface area contributed by atoms with E-state index in [9.17, 15) is 4.39 Å². The van der Waals surface area contributed by atoms with Crippen molar-refractivity contribution in [3.63, 3.8) is 0 Å². The third kappa shape index (κ3) is 4.45. The van der Waals surface area contributed by atoms with Gasteiger partial charge >= 0.3 is 0 Å². The molecule has 0 aliphatic heterocycles. The van der Waals surface area contributed by atoms with E-state index in [-0.39, 0.29) is 5.82 Å². The van der Waals surface area contributed by atoms with Gasteiger partial charge < -0.3 is 10.2 Å². The highest BCUT2D eigenvalue weighted by Crippen LogP contribution is 2.25. The lowest BCUT2D eigenvalue weighted by atomic mass is 10.1. The maximum absolute atomic E-state index is 13.0. The smallest absolute Gasteiger partial charge is 0.123 e. The molecule has 0 bridgehead atoms. The van der Waals surface area contributed by atoms with Crippen molar-refractivity contribution in [2.45, 2.75) is 20.0 Å². The van der Waals surface area contributed by atoms with E-state index in [0.29, 0.717) is 0 Å². The third-order valence-electron chi connectivity index (χ3n) is 3.35. The molecule has 2 aromatic carbocycles. The second kappa shape index (κ2) is 7.43. The lowest BCUT2D eigenvalue weighted by Gasteiger charge is -2.23. The summed E-state index contributed by atoms with van der Waals surface area (Å²) >= 11 is 6.09. The van der Waals surface area contributed by atoms with Crippen molar-refractivity contribution in [3.05, 3.63) is 64.4 Å². The summed E-state index contributed by atoms with van der Waals surface area (Å²) in [6, 6.07) is 12.5. The van der Waals surface area contributed by atoms with Crippen LogP contribution < -0.4 is 10.2 Å². The first-order valence-electron chi connectivity index (χ1n) is 7.05. The van der Waals surface area contributed by atoms with Crippen molar-refractivity contribution in [2.75, 3.05) is 18.5 Å². The lowest BCUT2D eigenvalue weighted by Crippen LogP contribution is -2.20. The Labute approximate surface area is 130 Å². The molecule has 0 atom stereocenters. The van der Waals surface area contributed by atoms with E-state index in [1.807, 2.05) is 37.4 Å². The van der Waals surface area contributed by atoms with Gasteiger partial charge in [-0.05, 0) is 48.0 Å². The number of anilines is 1. The van der Waals surface area contributed by atoms with Gasteiger partial charge in [-0.3, -0.25) is 0 Å². The SMILES string of the molecule is CCNCc1cc(Cl)ccc1N(C)Cc1ccc(F)cc1. The molecule has 0 aliphatic carbocycles. The molecule has 2 aromatic rings. The van der Waals surface area contributed by atoms with Crippen LogP contribution in [-0.4, -0.2) is 13.6 Å². The largest absolute Gasteiger partial charge is 0.370 e. The molecular formula is C17H20ClFN2. The summed E-state index contributed by atoms with van der Waals surface area (Å²) in [6.45, 7) is 4.49. The minimum absolute atomic E-state index is 0.208. The first kappa shape index (κ1) is 15.8. The molecule has 0 aromatic heterocycles. The van der Waals surface area contributed by atoms with Crippen molar-refractivity contribution in [2.24, 2.45) is 0 Å². The van der Waals surface area contributed by atoms with Crippen LogP contribution in [0.5, 0.6) is 0 Å². The summed E-state index contributed by atoms with van der Waals surface area (Å²) in [6.07, 6.45) is 0. The standard InChI is InChI=1S/C17H20ClFN2/c1-3-20-11-14-10-15(18)6-9-17(14)21(2)12-13-4-7-16(19)8-5-13/h4-10,20H,3,11-12H2,1-2H3. The monoisotopic (exact) mass is 306 g/mol. The van der Waals surface area contributed by atoms with Crippen LogP contribution in [0.3, 0.4) is 0 Å². The fourth-order valence-electron chi connectivity index (χ4n) is 2.28. The molecule has 0 aliphatic rings. The van der Waals surface area contributed by atoms with Crippen molar-refractivity contribution in [3.8, 4) is 0 Å². The Hall–Kier alpha value is -1.58. The Morgan fingerprint density at radius 2 is 1.86 bits per heavy atom. The molecule has 0 amide bonds. The number of nitrogens with one attached hydrogen (secondary N) is 1. The first-order valence-corrected chi connectivity index (χ1v) is 7.42. The molecule has 0 unspecified atom stereocenters.